The van der Waals surface area contributed by atoms with Gasteiger partial charge in [0.2, 0.25) is 5.91 Å². The number of hydrogen-bond donors (Lipinski definition) is 0. The molecule has 7 heteroatoms. The lowest BCUT2D eigenvalue weighted by Gasteiger charge is -2.49. The van der Waals surface area contributed by atoms with Gasteiger partial charge in [0.1, 0.15) is 17.5 Å². The van der Waals surface area contributed by atoms with Crippen molar-refractivity contribution in [2.75, 3.05) is 32.8 Å². The second-order valence-electron chi connectivity index (χ2n) is 8.40. The molecule has 2 aromatic rings. The summed E-state index contributed by atoms with van der Waals surface area (Å²) < 4.78 is 7.75. The maximum atomic E-state index is 13.6. The molecule has 0 saturated carbocycles. The zero-order valence-electron chi connectivity index (χ0n) is 17.0. The molecule has 0 bridgehead atoms. The van der Waals surface area contributed by atoms with Gasteiger partial charge in [-0.05, 0) is 5.56 Å². The van der Waals surface area contributed by atoms with Crippen molar-refractivity contribution >= 4 is 5.91 Å². The van der Waals surface area contributed by atoms with E-state index in [9.17, 15) is 4.79 Å². The van der Waals surface area contributed by atoms with Gasteiger partial charge in [-0.15, -0.1) is 0 Å². The van der Waals surface area contributed by atoms with Crippen molar-refractivity contribution in [1.29, 1.82) is 0 Å². The number of aryl methyl sites for hydroxylation is 1. The van der Waals surface area contributed by atoms with E-state index in [0.29, 0.717) is 6.54 Å². The minimum absolute atomic E-state index is 0.0779. The van der Waals surface area contributed by atoms with Crippen LogP contribution in [0.3, 0.4) is 0 Å². The number of rotatable bonds is 4. The first-order chi connectivity index (χ1) is 14.2. The number of benzene rings is 1. The summed E-state index contributed by atoms with van der Waals surface area (Å²) >= 11 is 0. The summed E-state index contributed by atoms with van der Waals surface area (Å²) in [5.74, 6) is 1.31. The minimum Gasteiger partial charge on any atom is -0.381 e. The van der Waals surface area contributed by atoms with Crippen LogP contribution in [-0.2, 0) is 29.7 Å². The summed E-state index contributed by atoms with van der Waals surface area (Å²) in [6, 6.07) is 10.3. The summed E-state index contributed by atoms with van der Waals surface area (Å²) in [5, 5.41) is 0. The van der Waals surface area contributed by atoms with Gasteiger partial charge in [-0.1, -0.05) is 30.3 Å². The van der Waals surface area contributed by atoms with E-state index in [1.807, 2.05) is 25.5 Å². The number of piperazine rings is 1. The number of imidazole rings is 1. The average Bonchev–Trinajstić information content (AvgIpc) is 3.25. The maximum Gasteiger partial charge on any atom is 0.243 e. The van der Waals surface area contributed by atoms with E-state index in [4.69, 9.17) is 4.74 Å². The third-order valence-electron chi connectivity index (χ3n) is 6.82. The molecular weight excluding hydrogens is 366 g/mol. The predicted octanol–water partition coefficient (Wildman–Crippen LogP) is 1.46. The molecule has 1 atom stereocenters. The monoisotopic (exact) mass is 395 g/mol. The van der Waals surface area contributed by atoms with E-state index < -0.39 is 0 Å². The van der Waals surface area contributed by atoms with E-state index in [1.54, 1.807) is 0 Å². The summed E-state index contributed by atoms with van der Waals surface area (Å²) in [6.45, 7) is 5.53. The van der Waals surface area contributed by atoms with Crippen molar-refractivity contribution in [1.82, 2.24) is 24.3 Å². The predicted molar refractivity (Wildman–Crippen MR) is 109 cm³/mol. The fourth-order valence-electron chi connectivity index (χ4n) is 5.23. The molecule has 3 saturated heterocycles. The molecule has 1 amide bonds. The topological polar surface area (TPSA) is 53.8 Å². The Balaban J connectivity index is 1.40. The Morgan fingerprint density at radius 2 is 1.93 bits per heavy atom. The molecule has 1 spiro atoms. The standard InChI is InChI=1S/C22H29N5O2/c1-24-10-9-23-20(24)17-25-11-12-26-19(16-25)21(28)27(15-18-5-3-2-4-6-18)22(26)7-13-29-14-8-22/h2-6,9-10,19H,7-8,11-17H2,1H3/t19-/m1/s1. The Labute approximate surface area is 171 Å². The van der Waals surface area contributed by atoms with Crippen molar-refractivity contribution in [3.63, 3.8) is 0 Å². The van der Waals surface area contributed by atoms with Crippen LogP contribution in [0.25, 0.3) is 0 Å². The zero-order chi connectivity index (χ0) is 19.8. The van der Waals surface area contributed by atoms with Crippen LogP contribution in [0.2, 0.25) is 0 Å². The second-order valence-corrected chi connectivity index (χ2v) is 8.40. The highest BCUT2D eigenvalue weighted by atomic mass is 16.5. The molecule has 1 aromatic heterocycles. The van der Waals surface area contributed by atoms with Crippen LogP contribution in [0.1, 0.15) is 24.2 Å². The lowest BCUT2D eigenvalue weighted by atomic mass is 9.96. The molecule has 0 unspecified atom stereocenters. The Morgan fingerprint density at radius 1 is 1.14 bits per heavy atom. The molecule has 29 heavy (non-hydrogen) atoms. The Hall–Kier alpha value is -2.22. The van der Waals surface area contributed by atoms with E-state index >= 15 is 0 Å². The normalized spacial score (nSPS) is 24.9. The molecule has 3 fully saturated rings. The molecule has 3 aliphatic heterocycles. The highest BCUT2D eigenvalue weighted by Gasteiger charge is 2.58. The summed E-state index contributed by atoms with van der Waals surface area (Å²) in [5.41, 5.74) is 0.988. The number of nitrogens with zero attached hydrogens (tertiary/aromatic N) is 5. The molecule has 0 radical (unpaired) electrons. The van der Waals surface area contributed by atoms with Gasteiger partial charge in [-0.25, -0.2) is 4.98 Å². The highest BCUT2D eigenvalue weighted by Crippen LogP contribution is 2.42. The fourth-order valence-corrected chi connectivity index (χ4v) is 5.23. The minimum atomic E-state index is -0.203. The SMILES string of the molecule is Cn1ccnc1CN1CCN2[C@H](C1)C(=O)N(Cc1ccccc1)C21CCOCC1. The number of fused-ring (bicyclic) bond motifs is 2. The van der Waals surface area contributed by atoms with E-state index in [-0.39, 0.29) is 17.6 Å². The molecule has 0 N–H and O–H groups in total. The van der Waals surface area contributed by atoms with E-state index in [1.165, 1.54) is 5.56 Å². The number of amides is 1. The highest BCUT2D eigenvalue weighted by molar-refractivity contribution is 5.85. The van der Waals surface area contributed by atoms with E-state index in [2.05, 4.69) is 48.5 Å². The van der Waals surface area contributed by atoms with Crippen LogP contribution in [0.5, 0.6) is 0 Å². The molecule has 154 valence electrons. The number of carbonyl (C=O) groups is 1. The molecular formula is C22H29N5O2. The van der Waals surface area contributed by atoms with Crippen molar-refractivity contribution in [2.45, 2.75) is 37.6 Å². The van der Waals surface area contributed by atoms with Crippen LogP contribution in [0.4, 0.5) is 0 Å². The first kappa shape index (κ1) is 18.8. The third-order valence-corrected chi connectivity index (χ3v) is 6.82. The van der Waals surface area contributed by atoms with Crippen molar-refractivity contribution < 1.29 is 9.53 Å². The molecule has 7 nitrogen and oxygen atoms in total. The van der Waals surface area contributed by atoms with Crippen LogP contribution in [-0.4, -0.2) is 74.7 Å². The van der Waals surface area contributed by atoms with Gasteiger partial charge in [0.15, 0.2) is 0 Å². The van der Waals surface area contributed by atoms with Gasteiger partial charge in [-0.3, -0.25) is 14.6 Å². The van der Waals surface area contributed by atoms with Gasteiger partial charge >= 0.3 is 0 Å². The molecule has 4 heterocycles. The van der Waals surface area contributed by atoms with Crippen molar-refractivity contribution in [3.05, 3.63) is 54.1 Å². The maximum absolute atomic E-state index is 13.6. The molecule has 0 aliphatic carbocycles. The Kier molecular flexibility index (Phi) is 4.89. The Morgan fingerprint density at radius 3 is 2.66 bits per heavy atom. The fraction of sp³-hybridized carbons (Fsp3) is 0.545. The van der Waals surface area contributed by atoms with Gasteiger partial charge in [0, 0.05) is 58.5 Å². The van der Waals surface area contributed by atoms with E-state index in [0.717, 1.165) is 58.1 Å². The lowest BCUT2D eigenvalue weighted by Crippen LogP contribution is -2.61. The van der Waals surface area contributed by atoms with Gasteiger partial charge < -0.3 is 14.2 Å². The first-order valence-corrected chi connectivity index (χ1v) is 10.6. The first-order valence-electron chi connectivity index (χ1n) is 10.6. The summed E-state index contributed by atoms with van der Waals surface area (Å²) in [7, 11) is 2.03. The average molecular weight is 396 g/mol. The van der Waals surface area contributed by atoms with Crippen LogP contribution in [0.15, 0.2) is 42.7 Å². The quantitative estimate of drug-likeness (QED) is 0.785. The van der Waals surface area contributed by atoms with Crippen LogP contribution < -0.4 is 0 Å². The van der Waals surface area contributed by atoms with Crippen molar-refractivity contribution in [2.24, 2.45) is 7.05 Å². The lowest BCUT2D eigenvalue weighted by molar-refractivity contribution is -0.137. The smallest absolute Gasteiger partial charge is 0.243 e. The molecule has 1 aromatic carbocycles. The van der Waals surface area contributed by atoms with Gasteiger partial charge in [0.25, 0.3) is 0 Å². The number of carbonyl (C=O) groups excluding carboxylic acids is 1. The van der Waals surface area contributed by atoms with Crippen LogP contribution in [0, 0.1) is 0 Å². The second kappa shape index (κ2) is 7.55. The molecule has 3 aliphatic rings. The number of hydrogen-bond acceptors (Lipinski definition) is 5. The largest absolute Gasteiger partial charge is 0.381 e. The van der Waals surface area contributed by atoms with Crippen LogP contribution >= 0.6 is 0 Å². The summed E-state index contributed by atoms with van der Waals surface area (Å²) in [6.07, 6.45) is 5.60. The Bertz CT molecular complexity index is 861. The zero-order valence-corrected chi connectivity index (χ0v) is 17.0. The van der Waals surface area contributed by atoms with Crippen molar-refractivity contribution in [3.8, 4) is 0 Å². The van der Waals surface area contributed by atoms with Gasteiger partial charge in [-0.2, -0.15) is 0 Å². The third kappa shape index (κ3) is 3.27. The summed E-state index contributed by atoms with van der Waals surface area (Å²) in [4.78, 5) is 25.1. The number of aromatic nitrogens is 2. The molecule has 5 rings (SSSR count). The number of ether oxygens (including phenoxy) is 1. The van der Waals surface area contributed by atoms with Gasteiger partial charge in [0.05, 0.1) is 19.8 Å².